The van der Waals surface area contributed by atoms with Crippen LogP contribution >= 0.6 is 22.6 Å². The van der Waals surface area contributed by atoms with Crippen molar-refractivity contribution in [2.75, 3.05) is 0 Å². The van der Waals surface area contributed by atoms with Gasteiger partial charge in [0.2, 0.25) is 0 Å². The van der Waals surface area contributed by atoms with Crippen molar-refractivity contribution in [1.82, 2.24) is 0 Å². The van der Waals surface area contributed by atoms with Gasteiger partial charge in [0.15, 0.2) is 0 Å². The van der Waals surface area contributed by atoms with E-state index in [1.54, 1.807) is 0 Å². The van der Waals surface area contributed by atoms with Crippen molar-refractivity contribution >= 4 is 22.6 Å². The smallest absolute Gasteiger partial charge is 0.0168 e. The Morgan fingerprint density at radius 3 is 2.06 bits per heavy atom. The normalized spacial score (nSPS) is 11.5. The first kappa shape index (κ1) is 12.6. The minimum Gasteiger partial charge on any atom is -0.0622 e. The maximum Gasteiger partial charge on any atom is 0.0168 e. The second-order valence-corrected chi connectivity index (χ2v) is 6.47. The van der Waals surface area contributed by atoms with Crippen molar-refractivity contribution in [2.24, 2.45) is 0 Å². The van der Waals surface area contributed by atoms with Gasteiger partial charge in [-0.15, -0.1) is 0 Å². The van der Waals surface area contributed by atoms with E-state index in [4.69, 9.17) is 0 Å². The topological polar surface area (TPSA) is 0 Å². The SMILES string of the molecule is CC(C)(C)c1cc(-c2ccccc2)ccc1I. The lowest BCUT2D eigenvalue weighted by atomic mass is 9.85. The van der Waals surface area contributed by atoms with Gasteiger partial charge in [0, 0.05) is 3.57 Å². The van der Waals surface area contributed by atoms with Gasteiger partial charge in [0.25, 0.3) is 0 Å². The van der Waals surface area contributed by atoms with Crippen LogP contribution in [0.3, 0.4) is 0 Å². The molecule has 0 saturated carbocycles. The molecule has 0 aliphatic rings. The van der Waals surface area contributed by atoms with Crippen LogP contribution in [0.5, 0.6) is 0 Å². The average molecular weight is 336 g/mol. The highest BCUT2D eigenvalue weighted by molar-refractivity contribution is 14.1. The van der Waals surface area contributed by atoms with E-state index in [2.05, 4.69) is 91.9 Å². The number of hydrogen-bond donors (Lipinski definition) is 0. The Kier molecular flexibility index (Phi) is 3.57. The first-order valence-corrected chi connectivity index (χ1v) is 6.92. The molecule has 2 aromatic carbocycles. The zero-order valence-electron chi connectivity index (χ0n) is 10.5. The van der Waals surface area contributed by atoms with Gasteiger partial charge >= 0.3 is 0 Å². The van der Waals surface area contributed by atoms with E-state index in [1.807, 2.05) is 0 Å². The predicted octanol–water partition coefficient (Wildman–Crippen LogP) is 5.26. The molecule has 2 rings (SSSR count). The van der Waals surface area contributed by atoms with Crippen molar-refractivity contribution < 1.29 is 0 Å². The molecule has 2 aromatic rings. The minimum atomic E-state index is 0.196. The summed E-state index contributed by atoms with van der Waals surface area (Å²) in [7, 11) is 0. The Hall–Kier alpha value is -0.830. The van der Waals surface area contributed by atoms with Crippen molar-refractivity contribution in [3.05, 3.63) is 57.7 Å². The van der Waals surface area contributed by atoms with Gasteiger partial charge in [-0.2, -0.15) is 0 Å². The van der Waals surface area contributed by atoms with Crippen LogP contribution in [0.2, 0.25) is 0 Å². The van der Waals surface area contributed by atoms with Crippen LogP contribution in [0.25, 0.3) is 11.1 Å². The molecule has 0 fully saturated rings. The Morgan fingerprint density at radius 1 is 0.824 bits per heavy atom. The van der Waals surface area contributed by atoms with Crippen LogP contribution < -0.4 is 0 Å². The third-order valence-electron chi connectivity index (χ3n) is 2.88. The molecule has 0 spiro atoms. The zero-order chi connectivity index (χ0) is 12.5. The van der Waals surface area contributed by atoms with Crippen LogP contribution in [0, 0.1) is 3.57 Å². The first-order valence-electron chi connectivity index (χ1n) is 5.84. The second kappa shape index (κ2) is 4.81. The summed E-state index contributed by atoms with van der Waals surface area (Å²) in [6.45, 7) is 6.79. The van der Waals surface area contributed by atoms with E-state index in [0.717, 1.165) is 0 Å². The summed E-state index contributed by atoms with van der Waals surface area (Å²) in [5, 5.41) is 0. The molecule has 0 N–H and O–H groups in total. The largest absolute Gasteiger partial charge is 0.0622 e. The molecule has 0 heterocycles. The Labute approximate surface area is 117 Å². The summed E-state index contributed by atoms with van der Waals surface area (Å²) < 4.78 is 1.34. The maximum absolute atomic E-state index is 2.42. The van der Waals surface area contributed by atoms with E-state index in [1.165, 1.54) is 20.3 Å². The van der Waals surface area contributed by atoms with Crippen LogP contribution in [0.15, 0.2) is 48.5 Å². The predicted molar refractivity (Wildman–Crippen MR) is 83.3 cm³/mol. The fourth-order valence-corrected chi connectivity index (χ4v) is 3.05. The number of halogens is 1. The quantitative estimate of drug-likeness (QED) is 0.624. The molecule has 0 atom stereocenters. The molecule has 0 saturated heterocycles. The standard InChI is InChI=1S/C16H17I/c1-16(2,3)14-11-13(9-10-15(14)17)12-7-5-4-6-8-12/h4-11H,1-3H3. The third-order valence-corrected chi connectivity index (χ3v) is 3.82. The van der Waals surface area contributed by atoms with E-state index < -0.39 is 0 Å². The summed E-state index contributed by atoms with van der Waals surface area (Å²) >= 11 is 2.42. The fraction of sp³-hybridized carbons (Fsp3) is 0.250. The van der Waals surface area contributed by atoms with Crippen molar-refractivity contribution in [3.8, 4) is 11.1 Å². The molecular formula is C16H17I. The molecule has 0 nitrogen and oxygen atoms in total. The lowest BCUT2D eigenvalue weighted by Gasteiger charge is -2.21. The van der Waals surface area contributed by atoms with E-state index >= 15 is 0 Å². The molecule has 0 aliphatic heterocycles. The van der Waals surface area contributed by atoms with Gasteiger partial charge in [-0.25, -0.2) is 0 Å². The van der Waals surface area contributed by atoms with Crippen LogP contribution in [0.4, 0.5) is 0 Å². The van der Waals surface area contributed by atoms with Crippen LogP contribution in [-0.2, 0) is 5.41 Å². The lowest BCUT2D eigenvalue weighted by Crippen LogP contribution is -2.13. The van der Waals surface area contributed by atoms with Gasteiger partial charge in [0.05, 0.1) is 0 Å². The third kappa shape index (κ3) is 2.89. The van der Waals surface area contributed by atoms with E-state index in [0.29, 0.717) is 0 Å². The van der Waals surface area contributed by atoms with Gasteiger partial charge in [0.1, 0.15) is 0 Å². The number of benzene rings is 2. The molecule has 0 amide bonds. The average Bonchev–Trinajstić information content (AvgIpc) is 2.29. The van der Waals surface area contributed by atoms with E-state index in [9.17, 15) is 0 Å². The minimum absolute atomic E-state index is 0.196. The van der Waals surface area contributed by atoms with Crippen molar-refractivity contribution in [1.29, 1.82) is 0 Å². The summed E-state index contributed by atoms with van der Waals surface area (Å²) in [5.41, 5.74) is 4.20. The monoisotopic (exact) mass is 336 g/mol. The molecule has 0 radical (unpaired) electrons. The Bertz CT molecular complexity index is 507. The highest BCUT2D eigenvalue weighted by Gasteiger charge is 2.17. The van der Waals surface area contributed by atoms with Crippen LogP contribution in [-0.4, -0.2) is 0 Å². The maximum atomic E-state index is 2.42. The van der Waals surface area contributed by atoms with Crippen LogP contribution in [0.1, 0.15) is 26.3 Å². The fourth-order valence-electron chi connectivity index (χ4n) is 1.91. The lowest BCUT2D eigenvalue weighted by molar-refractivity contribution is 0.587. The first-order chi connectivity index (χ1) is 7.98. The zero-order valence-corrected chi connectivity index (χ0v) is 12.7. The molecule has 0 aromatic heterocycles. The summed E-state index contributed by atoms with van der Waals surface area (Å²) in [6, 6.07) is 17.3. The van der Waals surface area contributed by atoms with Gasteiger partial charge in [-0.1, -0.05) is 57.2 Å². The van der Waals surface area contributed by atoms with Gasteiger partial charge < -0.3 is 0 Å². The highest BCUT2D eigenvalue weighted by Crippen LogP contribution is 2.31. The Balaban J connectivity index is 2.53. The molecular weight excluding hydrogens is 319 g/mol. The summed E-state index contributed by atoms with van der Waals surface area (Å²) in [4.78, 5) is 0. The second-order valence-electron chi connectivity index (χ2n) is 5.31. The summed E-state index contributed by atoms with van der Waals surface area (Å²) in [5.74, 6) is 0. The van der Waals surface area contributed by atoms with Gasteiger partial charge in [-0.3, -0.25) is 0 Å². The number of rotatable bonds is 1. The molecule has 0 aliphatic carbocycles. The molecule has 0 bridgehead atoms. The number of hydrogen-bond acceptors (Lipinski definition) is 0. The summed E-state index contributed by atoms with van der Waals surface area (Å²) in [6.07, 6.45) is 0. The van der Waals surface area contributed by atoms with E-state index in [-0.39, 0.29) is 5.41 Å². The molecule has 88 valence electrons. The molecule has 17 heavy (non-hydrogen) atoms. The van der Waals surface area contributed by atoms with Gasteiger partial charge in [-0.05, 0) is 56.8 Å². The Morgan fingerprint density at radius 2 is 1.47 bits per heavy atom. The molecule has 1 heteroatoms. The van der Waals surface area contributed by atoms with Crippen molar-refractivity contribution in [3.63, 3.8) is 0 Å². The molecule has 0 unspecified atom stereocenters. The highest BCUT2D eigenvalue weighted by atomic mass is 127. The van der Waals surface area contributed by atoms with Crippen molar-refractivity contribution in [2.45, 2.75) is 26.2 Å².